The first-order chi connectivity index (χ1) is 5.31. The van der Waals surface area contributed by atoms with E-state index in [9.17, 15) is 0 Å². The minimum absolute atomic E-state index is 0.233. The fourth-order valence-electron chi connectivity index (χ4n) is 0.665. The van der Waals surface area contributed by atoms with Crippen LogP contribution in [0.3, 0.4) is 0 Å². The summed E-state index contributed by atoms with van der Waals surface area (Å²) in [6.07, 6.45) is 6.85. The first-order valence-electron chi connectivity index (χ1n) is 4.24. The molecule has 0 aromatic carbocycles. The van der Waals surface area contributed by atoms with Gasteiger partial charge in [0, 0.05) is 6.42 Å². The van der Waals surface area contributed by atoms with Crippen LogP contribution in [-0.4, -0.2) is 6.10 Å². The van der Waals surface area contributed by atoms with Gasteiger partial charge in [-0.2, -0.15) is 0 Å². The van der Waals surface area contributed by atoms with Crippen molar-refractivity contribution in [3.05, 3.63) is 6.92 Å². The molecular weight excluding hydrogens is 136 g/mol. The van der Waals surface area contributed by atoms with Crippen LogP contribution in [0.2, 0.25) is 0 Å². The van der Waals surface area contributed by atoms with Gasteiger partial charge in [0.25, 0.3) is 0 Å². The molecular formula is C10H17O. The Morgan fingerprint density at radius 3 is 2.82 bits per heavy atom. The van der Waals surface area contributed by atoms with Gasteiger partial charge in [-0.1, -0.05) is 19.8 Å². The van der Waals surface area contributed by atoms with Crippen molar-refractivity contribution in [1.29, 1.82) is 0 Å². The monoisotopic (exact) mass is 153 g/mol. The largest absolute Gasteiger partial charge is 0.444 e. The van der Waals surface area contributed by atoms with Crippen LogP contribution in [-0.2, 0) is 4.74 Å². The second kappa shape index (κ2) is 7.47. The zero-order valence-electron chi connectivity index (χ0n) is 7.52. The molecule has 1 heteroatoms. The third kappa shape index (κ3) is 7.25. The van der Waals surface area contributed by atoms with Gasteiger partial charge in [0.2, 0.25) is 0 Å². The molecule has 0 aliphatic carbocycles. The first kappa shape index (κ1) is 10.4. The Bertz CT molecular complexity index is 130. The summed E-state index contributed by atoms with van der Waals surface area (Å²) in [6, 6.07) is 0. The summed E-state index contributed by atoms with van der Waals surface area (Å²) in [4.78, 5) is 0. The zero-order chi connectivity index (χ0) is 8.53. The molecule has 1 radical (unpaired) electrons. The molecule has 0 N–H and O–H groups in total. The third-order valence-corrected chi connectivity index (χ3v) is 1.32. The van der Waals surface area contributed by atoms with E-state index >= 15 is 0 Å². The molecule has 0 aromatic rings. The molecule has 11 heavy (non-hydrogen) atoms. The molecule has 0 fully saturated rings. The molecule has 1 nitrogen and oxygen atoms in total. The molecule has 0 rings (SSSR count). The van der Waals surface area contributed by atoms with Gasteiger partial charge >= 0.3 is 0 Å². The van der Waals surface area contributed by atoms with Crippen molar-refractivity contribution in [1.82, 2.24) is 0 Å². The predicted octanol–water partition coefficient (Wildman–Crippen LogP) is 2.77. The van der Waals surface area contributed by atoms with Crippen molar-refractivity contribution >= 4 is 0 Å². The lowest BCUT2D eigenvalue weighted by molar-refractivity contribution is 0.176. The van der Waals surface area contributed by atoms with Gasteiger partial charge in [-0.3, -0.25) is 0 Å². The molecule has 1 unspecified atom stereocenters. The van der Waals surface area contributed by atoms with E-state index in [1.54, 1.807) is 0 Å². The second-order valence-corrected chi connectivity index (χ2v) is 2.60. The van der Waals surface area contributed by atoms with Crippen LogP contribution >= 0.6 is 0 Å². The zero-order valence-corrected chi connectivity index (χ0v) is 7.52. The second-order valence-electron chi connectivity index (χ2n) is 2.60. The Hall–Kier alpha value is -0.640. The summed E-state index contributed by atoms with van der Waals surface area (Å²) < 4.78 is 5.18. The van der Waals surface area contributed by atoms with Crippen molar-refractivity contribution in [3.63, 3.8) is 0 Å². The Morgan fingerprint density at radius 2 is 2.27 bits per heavy atom. The lowest BCUT2D eigenvalue weighted by Crippen LogP contribution is -2.02. The van der Waals surface area contributed by atoms with E-state index in [2.05, 4.69) is 25.9 Å². The number of hydrogen-bond acceptors (Lipinski definition) is 1. The molecule has 63 valence electrons. The fourth-order valence-corrected chi connectivity index (χ4v) is 0.665. The smallest absolute Gasteiger partial charge is 0.110 e. The van der Waals surface area contributed by atoms with Gasteiger partial charge in [0.1, 0.15) is 12.2 Å². The van der Waals surface area contributed by atoms with Gasteiger partial charge in [0.05, 0.1) is 0 Å². The molecule has 0 spiro atoms. The molecule has 0 bridgehead atoms. The molecule has 0 heterocycles. The van der Waals surface area contributed by atoms with Crippen LogP contribution in [0.5, 0.6) is 0 Å². The van der Waals surface area contributed by atoms with E-state index in [1.165, 1.54) is 0 Å². The summed E-state index contributed by atoms with van der Waals surface area (Å²) in [5, 5.41) is 0. The van der Waals surface area contributed by atoms with Crippen molar-refractivity contribution in [2.75, 3.05) is 0 Å². The normalized spacial score (nSPS) is 11.5. The Morgan fingerprint density at radius 1 is 1.55 bits per heavy atom. The Kier molecular flexibility index (Phi) is 7.03. The Balaban J connectivity index is 3.30. The maximum atomic E-state index is 5.18. The van der Waals surface area contributed by atoms with E-state index in [4.69, 9.17) is 4.74 Å². The van der Waals surface area contributed by atoms with Crippen LogP contribution in [0.25, 0.3) is 0 Å². The van der Waals surface area contributed by atoms with E-state index in [0.29, 0.717) is 0 Å². The minimum atomic E-state index is 0.233. The van der Waals surface area contributed by atoms with E-state index in [1.807, 2.05) is 6.92 Å². The maximum absolute atomic E-state index is 5.18. The predicted molar refractivity (Wildman–Crippen MR) is 47.8 cm³/mol. The highest BCUT2D eigenvalue weighted by atomic mass is 16.5. The molecule has 0 saturated carbocycles. The van der Waals surface area contributed by atoms with Crippen LogP contribution in [0, 0.1) is 19.0 Å². The van der Waals surface area contributed by atoms with Gasteiger partial charge in [-0.15, -0.1) is 0 Å². The molecule has 0 saturated heterocycles. The summed E-state index contributed by atoms with van der Waals surface area (Å²) in [5.41, 5.74) is 0. The lowest BCUT2D eigenvalue weighted by Gasteiger charge is -2.05. The number of rotatable bonds is 4. The van der Waals surface area contributed by atoms with Crippen molar-refractivity contribution in [3.8, 4) is 12.0 Å². The third-order valence-electron chi connectivity index (χ3n) is 1.32. The summed E-state index contributed by atoms with van der Waals surface area (Å²) >= 11 is 0. The summed E-state index contributed by atoms with van der Waals surface area (Å²) in [5.74, 6) is 2.93. The average molecular weight is 153 g/mol. The van der Waals surface area contributed by atoms with Gasteiger partial charge in [0.15, 0.2) is 0 Å². The quantitative estimate of drug-likeness (QED) is 0.564. The van der Waals surface area contributed by atoms with Crippen molar-refractivity contribution in [2.24, 2.45) is 0 Å². The molecule has 1 atom stereocenters. The standard InChI is InChI=1S/C10H17O/c1-4-6-7-9-11-10(3)8-5-2/h10H,2,4-6,8H2,1,3H3. The summed E-state index contributed by atoms with van der Waals surface area (Å²) in [6.45, 7) is 7.87. The Labute approximate surface area is 70.1 Å². The highest BCUT2D eigenvalue weighted by Gasteiger charge is 1.96. The highest BCUT2D eigenvalue weighted by molar-refractivity contribution is 4.91. The minimum Gasteiger partial charge on any atom is -0.444 e. The van der Waals surface area contributed by atoms with Gasteiger partial charge in [-0.25, -0.2) is 0 Å². The van der Waals surface area contributed by atoms with E-state index < -0.39 is 0 Å². The average Bonchev–Trinajstić information content (AvgIpc) is 1.99. The molecule has 0 amide bonds. The number of ether oxygens (including phenoxy) is 1. The van der Waals surface area contributed by atoms with Crippen molar-refractivity contribution in [2.45, 2.75) is 45.6 Å². The lowest BCUT2D eigenvalue weighted by atomic mass is 10.2. The highest BCUT2D eigenvalue weighted by Crippen LogP contribution is 1.98. The molecule has 0 aliphatic heterocycles. The van der Waals surface area contributed by atoms with Crippen LogP contribution in [0.15, 0.2) is 0 Å². The molecule has 0 aliphatic rings. The van der Waals surface area contributed by atoms with Gasteiger partial charge < -0.3 is 4.74 Å². The van der Waals surface area contributed by atoms with E-state index in [-0.39, 0.29) is 6.10 Å². The molecule has 0 aromatic heterocycles. The van der Waals surface area contributed by atoms with Crippen molar-refractivity contribution < 1.29 is 4.74 Å². The van der Waals surface area contributed by atoms with Gasteiger partial charge in [-0.05, 0) is 26.2 Å². The number of hydrogen-bond donors (Lipinski definition) is 0. The van der Waals surface area contributed by atoms with Crippen LogP contribution in [0.1, 0.15) is 39.5 Å². The SMILES string of the molecule is [CH2]CCC(C)OC#CCCC. The topological polar surface area (TPSA) is 9.23 Å². The first-order valence-corrected chi connectivity index (χ1v) is 4.24. The fraction of sp³-hybridized carbons (Fsp3) is 0.700. The van der Waals surface area contributed by atoms with Crippen LogP contribution in [0.4, 0.5) is 0 Å². The maximum Gasteiger partial charge on any atom is 0.110 e. The summed E-state index contributed by atoms with van der Waals surface area (Å²) in [7, 11) is 0. The number of unbranched alkanes of at least 4 members (excludes halogenated alkanes) is 1. The van der Waals surface area contributed by atoms with Crippen LogP contribution < -0.4 is 0 Å². The van der Waals surface area contributed by atoms with E-state index in [0.717, 1.165) is 25.7 Å².